The summed E-state index contributed by atoms with van der Waals surface area (Å²) in [6.07, 6.45) is 4.19. The van der Waals surface area contributed by atoms with Gasteiger partial charge in [0.15, 0.2) is 0 Å². The van der Waals surface area contributed by atoms with Crippen LogP contribution in [0.15, 0.2) is 94.7 Å². The molecule has 0 radical (unpaired) electrons. The molecule has 0 spiro atoms. The molecular formula is C31H40N2O2SSn. The molecule has 1 aliphatic rings. The Hall–Kier alpha value is -1.96. The van der Waals surface area contributed by atoms with Crippen molar-refractivity contribution >= 4 is 45.2 Å². The molecule has 1 aliphatic heterocycles. The summed E-state index contributed by atoms with van der Waals surface area (Å²) >= 11 is -3.03. The second-order valence-corrected chi connectivity index (χ2v) is 19.3. The van der Waals surface area contributed by atoms with Crippen molar-refractivity contribution < 1.29 is 7.87 Å². The summed E-state index contributed by atoms with van der Waals surface area (Å²) < 4.78 is 16.9. The third-order valence-electron chi connectivity index (χ3n) is 7.29. The molecule has 37 heavy (non-hydrogen) atoms. The van der Waals surface area contributed by atoms with Crippen LogP contribution in [0.1, 0.15) is 53.4 Å². The number of benzene rings is 3. The Morgan fingerprint density at radius 2 is 1.46 bits per heavy atom. The van der Waals surface area contributed by atoms with Gasteiger partial charge in [-0.05, 0) is 0 Å². The van der Waals surface area contributed by atoms with Crippen molar-refractivity contribution in [1.29, 1.82) is 0 Å². The second kappa shape index (κ2) is 12.3. The fourth-order valence-electron chi connectivity index (χ4n) is 5.58. The Morgan fingerprint density at radius 3 is 1.97 bits per heavy atom. The van der Waals surface area contributed by atoms with E-state index in [9.17, 15) is 7.87 Å². The predicted octanol–water partition coefficient (Wildman–Crippen LogP) is 6.42. The zero-order valence-corrected chi connectivity index (χ0v) is 26.2. The van der Waals surface area contributed by atoms with Crippen LogP contribution in [0.25, 0.3) is 0 Å². The van der Waals surface area contributed by atoms with Gasteiger partial charge in [0.25, 0.3) is 0 Å². The molecule has 1 atom stereocenters. The molecule has 1 amide bonds. The molecule has 4 nitrogen and oxygen atoms in total. The fourth-order valence-corrected chi connectivity index (χ4v) is 13.9. The van der Waals surface area contributed by atoms with Gasteiger partial charge in [-0.15, -0.1) is 0 Å². The van der Waals surface area contributed by atoms with E-state index in [0.29, 0.717) is 6.54 Å². The van der Waals surface area contributed by atoms with Crippen LogP contribution in [0.3, 0.4) is 0 Å². The summed E-state index contributed by atoms with van der Waals surface area (Å²) in [4.78, 5) is 18.7. The first kappa shape index (κ1) is 28.1. The summed E-state index contributed by atoms with van der Waals surface area (Å²) in [6, 6.07) is 29.3. The van der Waals surface area contributed by atoms with Gasteiger partial charge in [0, 0.05) is 0 Å². The van der Waals surface area contributed by atoms with E-state index < -0.39 is 30.0 Å². The monoisotopic (exact) mass is 624 g/mol. The molecule has 1 fully saturated rings. The van der Waals surface area contributed by atoms with Crippen LogP contribution in [-0.4, -0.2) is 49.0 Å². The van der Waals surface area contributed by atoms with Gasteiger partial charge in [-0.25, -0.2) is 0 Å². The number of amides is 1. The van der Waals surface area contributed by atoms with Gasteiger partial charge in [-0.3, -0.25) is 0 Å². The second-order valence-electron chi connectivity index (χ2n) is 10.7. The fraction of sp³-hybridized carbons (Fsp3) is 0.387. The zero-order chi connectivity index (χ0) is 26.5. The first-order valence-electron chi connectivity index (χ1n) is 13.4. The third-order valence-corrected chi connectivity index (χ3v) is 16.6. The van der Waals surface area contributed by atoms with Gasteiger partial charge < -0.3 is 0 Å². The molecule has 1 saturated heterocycles. The van der Waals surface area contributed by atoms with E-state index in [-0.39, 0.29) is 15.9 Å². The molecule has 0 saturated carbocycles. The van der Waals surface area contributed by atoms with Gasteiger partial charge in [-0.2, -0.15) is 0 Å². The Balaban J connectivity index is 1.65. The quantitative estimate of drug-likeness (QED) is 0.210. The van der Waals surface area contributed by atoms with E-state index >= 15 is 0 Å². The number of hydrogen-bond acceptors (Lipinski definition) is 2. The summed E-state index contributed by atoms with van der Waals surface area (Å²) in [7, 11) is -1.72. The van der Waals surface area contributed by atoms with E-state index in [4.69, 9.17) is 0 Å². The molecule has 196 valence electrons. The zero-order valence-electron chi connectivity index (χ0n) is 22.6. The molecule has 4 rings (SSSR count). The molecule has 6 heteroatoms. The summed E-state index contributed by atoms with van der Waals surface area (Å²) in [5.74, 6) is 0.198. The van der Waals surface area contributed by atoms with Crippen molar-refractivity contribution in [2.24, 2.45) is 0 Å². The molecule has 3 aromatic rings. The minimum atomic E-state index is -3.03. The van der Waals surface area contributed by atoms with Crippen LogP contribution in [0.5, 0.6) is 0 Å². The molecule has 0 aromatic heterocycles. The standard InChI is InChI=1S/C26H28NOS.C5H12N.O.Sn/c1-26(2,3)29(22-15-9-5-10-16-22,23-17-11-6-12-18-23)24-19-20-27(25(24)28)21-13-7-4-8-14-21;1-2-3-4-5-6;;/h5-18,24H,19-20H2,1-3H3;6H,2-5H2,1H3;;/q;-1;;+1/t24-;;;/m0.../s1. The number of anilines is 1. The Bertz CT molecular complexity index is 1150. The molecule has 1 heterocycles. The van der Waals surface area contributed by atoms with E-state index in [2.05, 4.69) is 91.9 Å². The maximum atomic E-state index is 14.3. The summed E-state index contributed by atoms with van der Waals surface area (Å²) in [5, 5.41) is -0.109. The van der Waals surface area contributed by atoms with Crippen molar-refractivity contribution in [2.75, 3.05) is 18.0 Å². The van der Waals surface area contributed by atoms with Crippen LogP contribution in [0.4, 0.5) is 5.69 Å². The van der Waals surface area contributed by atoms with Gasteiger partial charge in [-0.1, -0.05) is 0 Å². The molecule has 1 N–H and O–H groups in total. The number of unbranched alkanes of at least 4 members (excludes halogenated alkanes) is 2. The van der Waals surface area contributed by atoms with Gasteiger partial charge in [0.1, 0.15) is 0 Å². The first-order chi connectivity index (χ1) is 17.8. The van der Waals surface area contributed by atoms with Crippen LogP contribution in [0.2, 0.25) is 0 Å². The summed E-state index contributed by atoms with van der Waals surface area (Å²) in [5.41, 5.74) is 0.904. The number of hydrogen-bond donors (Lipinski definition) is 1. The van der Waals surface area contributed by atoms with Crippen LogP contribution >= 0.6 is 10.0 Å². The van der Waals surface area contributed by atoms with Gasteiger partial charge in [0.2, 0.25) is 0 Å². The van der Waals surface area contributed by atoms with Crippen molar-refractivity contribution in [1.82, 2.24) is 3.54 Å². The maximum absolute atomic E-state index is 14.3. The van der Waals surface area contributed by atoms with Gasteiger partial charge >= 0.3 is 233 Å². The van der Waals surface area contributed by atoms with Crippen LogP contribution in [0, 0.1) is 0 Å². The van der Waals surface area contributed by atoms with Gasteiger partial charge in [0.05, 0.1) is 0 Å². The normalized spacial score (nSPS) is 16.7. The van der Waals surface area contributed by atoms with Crippen molar-refractivity contribution in [3.05, 3.63) is 84.9 Å². The number of nitrogens with one attached hydrogen (secondary N) is 1. The third kappa shape index (κ3) is 5.74. The average molecular weight is 623 g/mol. The molecule has 0 bridgehead atoms. The number of carbonyl (C=O) groups is 1. The Morgan fingerprint density at radius 1 is 0.892 bits per heavy atom. The van der Waals surface area contributed by atoms with Crippen molar-refractivity contribution in [3.8, 4) is 0 Å². The Kier molecular flexibility index (Phi) is 9.30. The van der Waals surface area contributed by atoms with Crippen molar-refractivity contribution in [3.63, 3.8) is 0 Å². The minimum absolute atomic E-state index is 0.109. The molecule has 0 unspecified atom stereocenters. The molecule has 3 aromatic carbocycles. The predicted molar refractivity (Wildman–Crippen MR) is 158 cm³/mol. The van der Waals surface area contributed by atoms with Crippen LogP contribution in [-0.2, 0) is 7.87 Å². The summed E-state index contributed by atoms with van der Waals surface area (Å²) in [6.45, 7) is 10.6. The van der Waals surface area contributed by atoms with Crippen molar-refractivity contribution in [2.45, 2.75) is 73.2 Å². The van der Waals surface area contributed by atoms with E-state index in [1.807, 2.05) is 29.2 Å². The topological polar surface area (TPSA) is 49.4 Å². The first-order valence-corrected chi connectivity index (χ1v) is 19.1. The number of carbonyl (C=O) groups excluding carboxylic acids is 1. The molecular weight excluding hydrogens is 583 g/mol. The number of nitrogens with zero attached hydrogens (tertiary/aromatic N) is 1. The average Bonchev–Trinajstić information content (AvgIpc) is 3.28. The SMILES string of the molecule is CCCCC[NH][Sn](=[O])[c]1ccc(N2CC[C@H](S(c3ccccc3)(c3ccccc3)C(C)(C)C)C2=O)cc1. The van der Waals surface area contributed by atoms with Crippen LogP contribution < -0.4 is 12.0 Å². The van der Waals surface area contributed by atoms with E-state index in [1.54, 1.807) is 0 Å². The van der Waals surface area contributed by atoms with E-state index in [1.165, 1.54) is 9.79 Å². The number of rotatable bonds is 10. The Labute approximate surface area is 231 Å². The molecule has 0 aliphatic carbocycles. The van der Waals surface area contributed by atoms with E-state index in [0.717, 1.165) is 41.5 Å².